The van der Waals surface area contributed by atoms with Crippen molar-refractivity contribution in [2.45, 2.75) is 25.6 Å². The van der Waals surface area contributed by atoms with Crippen LogP contribution in [0.25, 0.3) is 0 Å². The lowest BCUT2D eigenvalue weighted by atomic mass is 10.0. The first-order valence-corrected chi connectivity index (χ1v) is 7.92. The highest BCUT2D eigenvalue weighted by atomic mass is 19.1. The zero-order chi connectivity index (χ0) is 17.1. The molecule has 1 amide bonds. The Morgan fingerprint density at radius 1 is 1.46 bits per heavy atom. The Labute approximate surface area is 140 Å². The van der Waals surface area contributed by atoms with Crippen LogP contribution in [0.15, 0.2) is 36.7 Å². The SMILES string of the molecule is Cc1cnn(C[C@H]2CN([C@H](C(N)=O)c3ccc(F)cc3)CCO2)c1. The van der Waals surface area contributed by atoms with Crippen LogP contribution >= 0.6 is 0 Å². The zero-order valence-electron chi connectivity index (χ0n) is 13.6. The Morgan fingerprint density at radius 2 is 2.21 bits per heavy atom. The first-order valence-electron chi connectivity index (χ1n) is 7.92. The lowest BCUT2D eigenvalue weighted by Gasteiger charge is -2.37. The first kappa shape index (κ1) is 16.6. The van der Waals surface area contributed by atoms with E-state index in [9.17, 15) is 9.18 Å². The molecule has 0 bridgehead atoms. The number of aryl methyl sites for hydroxylation is 1. The van der Waals surface area contributed by atoms with Crippen LogP contribution in [-0.2, 0) is 16.1 Å². The third-order valence-electron chi connectivity index (χ3n) is 4.14. The van der Waals surface area contributed by atoms with Crippen LogP contribution in [0.5, 0.6) is 0 Å². The van der Waals surface area contributed by atoms with Crippen LogP contribution < -0.4 is 5.73 Å². The average Bonchev–Trinajstić information content (AvgIpc) is 2.95. The third-order valence-corrected chi connectivity index (χ3v) is 4.14. The Hall–Kier alpha value is -2.25. The highest BCUT2D eigenvalue weighted by Crippen LogP contribution is 2.23. The first-order chi connectivity index (χ1) is 11.5. The minimum Gasteiger partial charge on any atom is -0.374 e. The van der Waals surface area contributed by atoms with Crippen molar-refractivity contribution in [1.82, 2.24) is 14.7 Å². The molecule has 0 radical (unpaired) electrons. The van der Waals surface area contributed by atoms with Gasteiger partial charge in [0.25, 0.3) is 0 Å². The van der Waals surface area contributed by atoms with Gasteiger partial charge in [0.2, 0.25) is 5.91 Å². The molecule has 128 valence electrons. The summed E-state index contributed by atoms with van der Waals surface area (Å²) in [4.78, 5) is 14.0. The molecule has 0 spiro atoms. The summed E-state index contributed by atoms with van der Waals surface area (Å²) in [6.45, 7) is 4.26. The standard InChI is InChI=1S/C17H21FN4O2/c1-12-8-20-22(9-12)11-15-10-21(6-7-24-15)16(17(19)23)13-2-4-14(18)5-3-13/h2-5,8-9,15-16H,6-7,10-11H2,1H3,(H2,19,23)/t15-,16+/m1/s1. The van der Waals surface area contributed by atoms with Gasteiger partial charge in [-0.15, -0.1) is 0 Å². The molecule has 1 fully saturated rings. The molecule has 24 heavy (non-hydrogen) atoms. The smallest absolute Gasteiger partial charge is 0.239 e. The van der Waals surface area contributed by atoms with Gasteiger partial charge in [-0.1, -0.05) is 12.1 Å². The molecule has 0 aliphatic carbocycles. The van der Waals surface area contributed by atoms with Gasteiger partial charge in [-0.2, -0.15) is 5.10 Å². The number of carbonyl (C=O) groups is 1. The fourth-order valence-electron chi connectivity index (χ4n) is 3.06. The van der Waals surface area contributed by atoms with Crippen LogP contribution in [0.3, 0.4) is 0 Å². The molecule has 7 heteroatoms. The second-order valence-electron chi connectivity index (χ2n) is 6.08. The number of aromatic nitrogens is 2. The second kappa shape index (κ2) is 7.11. The molecule has 1 saturated heterocycles. The van der Waals surface area contributed by atoms with Crippen molar-refractivity contribution < 1.29 is 13.9 Å². The Kier molecular flexibility index (Phi) is 4.92. The molecular weight excluding hydrogens is 311 g/mol. The Balaban J connectivity index is 1.73. The summed E-state index contributed by atoms with van der Waals surface area (Å²) in [5.41, 5.74) is 7.39. The van der Waals surface area contributed by atoms with Gasteiger partial charge >= 0.3 is 0 Å². The van der Waals surface area contributed by atoms with Crippen molar-refractivity contribution in [2.75, 3.05) is 19.7 Å². The third kappa shape index (κ3) is 3.80. The van der Waals surface area contributed by atoms with Gasteiger partial charge < -0.3 is 10.5 Å². The number of hydrogen-bond acceptors (Lipinski definition) is 4. The molecule has 6 nitrogen and oxygen atoms in total. The number of rotatable bonds is 5. The van der Waals surface area contributed by atoms with E-state index in [0.29, 0.717) is 31.8 Å². The van der Waals surface area contributed by atoms with Crippen LogP contribution in [0, 0.1) is 12.7 Å². The van der Waals surface area contributed by atoms with E-state index in [0.717, 1.165) is 5.56 Å². The number of primary amides is 1. The van der Waals surface area contributed by atoms with Crippen LogP contribution in [-0.4, -0.2) is 46.4 Å². The number of carbonyl (C=O) groups excluding carboxylic acids is 1. The minimum atomic E-state index is -0.587. The van der Waals surface area contributed by atoms with Gasteiger partial charge in [-0.3, -0.25) is 14.4 Å². The van der Waals surface area contributed by atoms with E-state index in [4.69, 9.17) is 10.5 Å². The highest BCUT2D eigenvalue weighted by Gasteiger charge is 2.31. The molecule has 1 aromatic heterocycles. The normalized spacial score (nSPS) is 20.0. The Bertz CT molecular complexity index is 701. The van der Waals surface area contributed by atoms with Gasteiger partial charge in [0.15, 0.2) is 0 Å². The number of nitrogens with zero attached hydrogens (tertiary/aromatic N) is 3. The quantitative estimate of drug-likeness (QED) is 0.894. The zero-order valence-corrected chi connectivity index (χ0v) is 13.6. The number of amides is 1. The summed E-state index contributed by atoms with van der Waals surface area (Å²) in [5, 5.41) is 4.27. The monoisotopic (exact) mass is 332 g/mol. The number of morpholine rings is 1. The summed E-state index contributed by atoms with van der Waals surface area (Å²) >= 11 is 0. The molecule has 2 atom stereocenters. The number of benzene rings is 1. The molecular formula is C17H21FN4O2. The highest BCUT2D eigenvalue weighted by molar-refractivity contribution is 5.81. The van der Waals surface area contributed by atoms with Gasteiger partial charge in [0, 0.05) is 19.3 Å². The lowest BCUT2D eigenvalue weighted by Crippen LogP contribution is -2.49. The van der Waals surface area contributed by atoms with Crippen molar-refractivity contribution in [3.8, 4) is 0 Å². The fraction of sp³-hybridized carbons (Fsp3) is 0.412. The summed E-state index contributed by atoms with van der Waals surface area (Å²) in [5.74, 6) is -0.784. The van der Waals surface area contributed by atoms with Gasteiger partial charge in [0.1, 0.15) is 11.9 Å². The topological polar surface area (TPSA) is 73.4 Å². The van der Waals surface area contributed by atoms with Gasteiger partial charge in [0.05, 0.1) is 25.5 Å². The largest absolute Gasteiger partial charge is 0.374 e. The summed E-state index contributed by atoms with van der Waals surface area (Å²) in [6, 6.07) is 5.31. The lowest BCUT2D eigenvalue weighted by molar-refractivity contribution is -0.127. The van der Waals surface area contributed by atoms with E-state index < -0.39 is 11.9 Å². The van der Waals surface area contributed by atoms with E-state index >= 15 is 0 Å². The number of nitrogens with two attached hydrogens (primary N) is 1. The predicted molar refractivity (Wildman–Crippen MR) is 86.6 cm³/mol. The summed E-state index contributed by atoms with van der Waals surface area (Å²) < 4.78 is 20.8. The number of ether oxygens (including phenoxy) is 1. The molecule has 2 N–H and O–H groups in total. The molecule has 2 heterocycles. The van der Waals surface area contributed by atoms with Crippen molar-refractivity contribution in [3.05, 3.63) is 53.6 Å². The molecule has 1 aliphatic heterocycles. The Morgan fingerprint density at radius 3 is 2.83 bits per heavy atom. The molecule has 0 unspecified atom stereocenters. The number of hydrogen-bond donors (Lipinski definition) is 1. The van der Waals surface area contributed by atoms with Crippen LogP contribution in [0.1, 0.15) is 17.2 Å². The predicted octanol–water partition coefficient (Wildman–Crippen LogP) is 1.26. The molecule has 3 rings (SSSR count). The van der Waals surface area contributed by atoms with Gasteiger partial charge in [-0.05, 0) is 30.2 Å². The van der Waals surface area contributed by atoms with Crippen molar-refractivity contribution in [2.24, 2.45) is 5.73 Å². The molecule has 1 aromatic carbocycles. The van der Waals surface area contributed by atoms with E-state index in [2.05, 4.69) is 5.10 Å². The van der Waals surface area contributed by atoms with E-state index in [1.165, 1.54) is 12.1 Å². The second-order valence-corrected chi connectivity index (χ2v) is 6.08. The molecule has 1 aliphatic rings. The molecule has 0 saturated carbocycles. The van der Waals surface area contributed by atoms with Crippen LogP contribution in [0.4, 0.5) is 4.39 Å². The fourth-order valence-corrected chi connectivity index (χ4v) is 3.06. The van der Waals surface area contributed by atoms with Crippen molar-refractivity contribution in [1.29, 1.82) is 0 Å². The van der Waals surface area contributed by atoms with Gasteiger partial charge in [-0.25, -0.2) is 4.39 Å². The summed E-state index contributed by atoms with van der Waals surface area (Å²) in [7, 11) is 0. The maximum Gasteiger partial charge on any atom is 0.239 e. The average molecular weight is 332 g/mol. The van der Waals surface area contributed by atoms with E-state index in [1.807, 2.05) is 22.7 Å². The molecule has 2 aromatic rings. The van der Waals surface area contributed by atoms with Crippen molar-refractivity contribution in [3.63, 3.8) is 0 Å². The maximum absolute atomic E-state index is 13.1. The van der Waals surface area contributed by atoms with Crippen LogP contribution in [0.2, 0.25) is 0 Å². The maximum atomic E-state index is 13.1. The minimum absolute atomic E-state index is 0.0830. The van der Waals surface area contributed by atoms with Crippen molar-refractivity contribution >= 4 is 5.91 Å². The van der Waals surface area contributed by atoms with E-state index in [1.54, 1.807) is 18.3 Å². The number of halogens is 1. The van der Waals surface area contributed by atoms with E-state index in [-0.39, 0.29) is 11.9 Å². The summed E-state index contributed by atoms with van der Waals surface area (Å²) in [6.07, 6.45) is 3.67.